The maximum absolute atomic E-state index is 4.82. The highest BCUT2D eigenvalue weighted by atomic mass is 16.5. The van der Waals surface area contributed by atoms with Crippen molar-refractivity contribution in [2.45, 2.75) is 13.3 Å². The first-order valence-corrected chi connectivity index (χ1v) is 2.41. The number of hydrogen-bond acceptors (Lipinski definition) is 4. The SMILES string of the molecule is COC1N=C(C)NN1. The second-order valence-corrected chi connectivity index (χ2v) is 1.57. The number of ether oxygens (including phenoxy) is 1. The van der Waals surface area contributed by atoms with E-state index in [1.165, 1.54) is 0 Å². The quantitative estimate of drug-likeness (QED) is 0.481. The van der Waals surface area contributed by atoms with Gasteiger partial charge < -0.3 is 10.2 Å². The third-order valence-electron chi connectivity index (χ3n) is 0.911. The zero-order chi connectivity index (χ0) is 5.98. The molecule has 0 aromatic carbocycles. The minimum atomic E-state index is -0.199. The van der Waals surface area contributed by atoms with E-state index < -0.39 is 0 Å². The third kappa shape index (κ3) is 0.962. The minimum absolute atomic E-state index is 0.199. The number of nitrogens with one attached hydrogen (secondary N) is 2. The molecule has 2 N–H and O–H groups in total. The lowest BCUT2D eigenvalue weighted by Gasteiger charge is -2.01. The van der Waals surface area contributed by atoms with Crippen molar-refractivity contribution in [2.75, 3.05) is 7.11 Å². The van der Waals surface area contributed by atoms with Crippen molar-refractivity contribution in [3.05, 3.63) is 0 Å². The average molecular weight is 115 g/mol. The standard InChI is InChI=1S/C4H9N3O/c1-3-5-4(8-2)7-6-3/h4,7H,1-2H3,(H,5,6). The summed E-state index contributed by atoms with van der Waals surface area (Å²) in [7, 11) is 1.60. The fraction of sp³-hybridized carbons (Fsp3) is 0.750. The zero-order valence-electron chi connectivity index (χ0n) is 4.93. The summed E-state index contributed by atoms with van der Waals surface area (Å²) in [6, 6.07) is 0. The fourth-order valence-electron chi connectivity index (χ4n) is 0.518. The van der Waals surface area contributed by atoms with E-state index in [9.17, 15) is 0 Å². The van der Waals surface area contributed by atoms with Crippen molar-refractivity contribution < 1.29 is 4.74 Å². The predicted molar refractivity (Wildman–Crippen MR) is 30.2 cm³/mol. The third-order valence-corrected chi connectivity index (χ3v) is 0.911. The van der Waals surface area contributed by atoms with Gasteiger partial charge in [0.1, 0.15) is 5.84 Å². The summed E-state index contributed by atoms with van der Waals surface area (Å²) in [4.78, 5) is 3.98. The van der Waals surface area contributed by atoms with Crippen LogP contribution in [-0.2, 0) is 4.74 Å². The van der Waals surface area contributed by atoms with Crippen molar-refractivity contribution in [1.82, 2.24) is 10.9 Å². The van der Waals surface area contributed by atoms with Crippen LogP contribution in [0.15, 0.2) is 4.99 Å². The maximum Gasteiger partial charge on any atom is 0.222 e. The largest absolute Gasteiger partial charge is 0.346 e. The van der Waals surface area contributed by atoms with E-state index >= 15 is 0 Å². The lowest BCUT2D eigenvalue weighted by atomic mass is 10.7. The number of hydrazine groups is 1. The smallest absolute Gasteiger partial charge is 0.222 e. The summed E-state index contributed by atoms with van der Waals surface area (Å²) in [5.41, 5.74) is 5.58. The van der Waals surface area contributed by atoms with Gasteiger partial charge >= 0.3 is 0 Å². The highest BCUT2D eigenvalue weighted by Crippen LogP contribution is 1.90. The van der Waals surface area contributed by atoms with Gasteiger partial charge in [-0.05, 0) is 6.92 Å². The molecular weight excluding hydrogens is 106 g/mol. The molecule has 1 aliphatic rings. The van der Waals surface area contributed by atoms with E-state index in [0.717, 1.165) is 5.84 Å². The summed E-state index contributed by atoms with van der Waals surface area (Å²) in [6.07, 6.45) is -0.199. The Hall–Kier alpha value is -0.610. The Bertz CT molecular complexity index is 112. The van der Waals surface area contributed by atoms with Crippen LogP contribution in [0.5, 0.6) is 0 Å². The van der Waals surface area contributed by atoms with Gasteiger partial charge in [-0.3, -0.25) is 0 Å². The molecule has 0 saturated carbocycles. The van der Waals surface area contributed by atoms with E-state index in [1.807, 2.05) is 6.92 Å². The van der Waals surface area contributed by atoms with Crippen LogP contribution in [0.1, 0.15) is 6.92 Å². The molecule has 0 saturated heterocycles. The summed E-state index contributed by atoms with van der Waals surface area (Å²) < 4.78 is 4.82. The zero-order valence-corrected chi connectivity index (χ0v) is 4.93. The topological polar surface area (TPSA) is 45.6 Å². The van der Waals surface area contributed by atoms with Crippen LogP contribution < -0.4 is 10.9 Å². The maximum atomic E-state index is 4.82. The van der Waals surface area contributed by atoms with Crippen molar-refractivity contribution in [2.24, 2.45) is 4.99 Å². The summed E-state index contributed by atoms with van der Waals surface area (Å²) in [6.45, 7) is 1.87. The fourth-order valence-corrected chi connectivity index (χ4v) is 0.518. The normalized spacial score (nSPS) is 27.2. The van der Waals surface area contributed by atoms with Gasteiger partial charge in [0.05, 0.1) is 0 Å². The molecule has 4 nitrogen and oxygen atoms in total. The molecule has 1 unspecified atom stereocenters. The molecule has 0 aromatic rings. The van der Waals surface area contributed by atoms with E-state index in [4.69, 9.17) is 4.74 Å². The molecular formula is C4H9N3O. The number of aliphatic imine (C=N–C) groups is 1. The molecule has 1 rings (SSSR count). The van der Waals surface area contributed by atoms with Crippen LogP contribution in [0.2, 0.25) is 0 Å². The molecule has 0 fully saturated rings. The second kappa shape index (κ2) is 2.11. The Labute approximate surface area is 47.9 Å². The Morgan fingerprint density at radius 3 is 2.75 bits per heavy atom. The predicted octanol–water partition coefficient (Wildman–Crippen LogP) is -0.557. The van der Waals surface area contributed by atoms with Crippen LogP contribution in [-0.4, -0.2) is 19.3 Å². The molecule has 1 aliphatic heterocycles. The van der Waals surface area contributed by atoms with Crippen LogP contribution >= 0.6 is 0 Å². The number of rotatable bonds is 1. The van der Waals surface area contributed by atoms with Gasteiger partial charge in [-0.15, -0.1) is 0 Å². The van der Waals surface area contributed by atoms with Gasteiger partial charge in [0.25, 0.3) is 0 Å². The van der Waals surface area contributed by atoms with Crippen LogP contribution in [0.3, 0.4) is 0 Å². The lowest BCUT2D eigenvalue weighted by molar-refractivity contribution is 0.0854. The minimum Gasteiger partial charge on any atom is -0.346 e. The van der Waals surface area contributed by atoms with Crippen LogP contribution in [0.4, 0.5) is 0 Å². The van der Waals surface area contributed by atoms with Gasteiger partial charge in [0, 0.05) is 7.11 Å². The lowest BCUT2D eigenvalue weighted by Crippen LogP contribution is -2.34. The van der Waals surface area contributed by atoms with Crippen LogP contribution in [0.25, 0.3) is 0 Å². The average Bonchev–Trinajstić information content (AvgIpc) is 2.14. The van der Waals surface area contributed by atoms with Gasteiger partial charge in [-0.2, -0.15) is 5.43 Å². The van der Waals surface area contributed by atoms with Crippen LogP contribution in [0, 0.1) is 0 Å². The summed E-state index contributed by atoms with van der Waals surface area (Å²) >= 11 is 0. The first kappa shape index (κ1) is 5.53. The molecule has 0 aliphatic carbocycles. The molecule has 0 spiro atoms. The first-order valence-electron chi connectivity index (χ1n) is 2.41. The molecule has 8 heavy (non-hydrogen) atoms. The number of nitrogens with zero attached hydrogens (tertiary/aromatic N) is 1. The second-order valence-electron chi connectivity index (χ2n) is 1.57. The highest BCUT2D eigenvalue weighted by molar-refractivity contribution is 5.80. The molecule has 46 valence electrons. The summed E-state index contributed by atoms with van der Waals surface area (Å²) in [5, 5.41) is 0. The van der Waals surface area contributed by atoms with Gasteiger partial charge in [-0.25, -0.2) is 4.99 Å². The van der Waals surface area contributed by atoms with Gasteiger partial charge in [-0.1, -0.05) is 0 Å². The molecule has 1 heterocycles. The first-order chi connectivity index (χ1) is 3.83. The molecule has 1 atom stereocenters. The van der Waals surface area contributed by atoms with Gasteiger partial charge in [0.2, 0.25) is 6.35 Å². The van der Waals surface area contributed by atoms with Crippen molar-refractivity contribution in [3.8, 4) is 0 Å². The van der Waals surface area contributed by atoms with Gasteiger partial charge in [0.15, 0.2) is 0 Å². The highest BCUT2D eigenvalue weighted by Gasteiger charge is 2.09. The Morgan fingerprint density at radius 1 is 1.75 bits per heavy atom. The van der Waals surface area contributed by atoms with Crippen molar-refractivity contribution >= 4 is 5.84 Å². The van der Waals surface area contributed by atoms with E-state index in [-0.39, 0.29) is 6.35 Å². The van der Waals surface area contributed by atoms with Crippen molar-refractivity contribution in [1.29, 1.82) is 0 Å². The Balaban J connectivity index is 2.41. The molecule has 0 radical (unpaired) electrons. The number of hydrogen-bond donors (Lipinski definition) is 2. The molecule has 0 bridgehead atoms. The van der Waals surface area contributed by atoms with E-state index in [1.54, 1.807) is 7.11 Å². The van der Waals surface area contributed by atoms with Crippen molar-refractivity contribution in [3.63, 3.8) is 0 Å². The number of methoxy groups -OCH3 is 1. The monoisotopic (exact) mass is 115 g/mol. The van der Waals surface area contributed by atoms with E-state index in [0.29, 0.717) is 0 Å². The summed E-state index contributed by atoms with van der Waals surface area (Å²) in [5.74, 6) is 0.858. The molecule has 0 aromatic heterocycles. The Morgan fingerprint density at radius 2 is 2.50 bits per heavy atom. The molecule has 0 amide bonds. The molecule has 4 heteroatoms. The number of amidine groups is 1. The Kier molecular flexibility index (Phi) is 1.45. The van der Waals surface area contributed by atoms with E-state index in [2.05, 4.69) is 15.8 Å².